The number of fused-ring (bicyclic) bond motifs is 2. The van der Waals surface area contributed by atoms with Crippen molar-refractivity contribution in [1.82, 2.24) is 40.0 Å². The second-order valence-electron chi connectivity index (χ2n) is 13.6. The predicted octanol–water partition coefficient (Wildman–Crippen LogP) is 1.01. The van der Waals surface area contributed by atoms with Crippen molar-refractivity contribution in [2.45, 2.75) is 40.8 Å². The molecule has 0 saturated carbocycles. The van der Waals surface area contributed by atoms with E-state index in [0.29, 0.717) is 58.9 Å². The van der Waals surface area contributed by atoms with E-state index < -0.39 is 23.4 Å². The molecule has 2 aromatic carbocycles. The van der Waals surface area contributed by atoms with Crippen molar-refractivity contribution in [3.05, 3.63) is 132 Å². The third kappa shape index (κ3) is 11.7. The minimum atomic E-state index is -1.71. The van der Waals surface area contributed by atoms with Crippen LogP contribution in [0.2, 0.25) is 0 Å². The van der Waals surface area contributed by atoms with E-state index in [1.165, 1.54) is 12.4 Å². The summed E-state index contributed by atoms with van der Waals surface area (Å²) < 4.78 is 0. The van der Waals surface area contributed by atoms with E-state index in [2.05, 4.69) is 32.2 Å². The van der Waals surface area contributed by atoms with Gasteiger partial charge in [-0.2, -0.15) is 0 Å². The summed E-state index contributed by atoms with van der Waals surface area (Å²) in [4.78, 5) is 90.6. The topological polar surface area (TPSA) is 205 Å². The van der Waals surface area contributed by atoms with Gasteiger partial charge in [0, 0.05) is 98.0 Å². The Morgan fingerprint density at radius 2 is 1.12 bits per heavy atom. The van der Waals surface area contributed by atoms with Crippen LogP contribution >= 0.6 is 0 Å². The molecule has 4 aromatic heterocycles. The van der Waals surface area contributed by atoms with E-state index in [1.54, 1.807) is 58.6 Å². The average molecular weight is 841 g/mol. The van der Waals surface area contributed by atoms with Gasteiger partial charge in [0.25, 0.3) is 23.5 Å². The maximum absolute atomic E-state index is 12.8. The number of nitrogens with one attached hydrogen (secondary N) is 3. The summed E-state index contributed by atoms with van der Waals surface area (Å²) in [5, 5.41) is 14.8. The third-order valence-corrected chi connectivity index (χ3v) is 9.64. The zero-order chi connectivity index (χ0) is 40.5. The van der Waals surface area contributed by atoms with Crippen LogP contribution in [0, 0.1) is 0 Å². The van der Waals surface area contributed by atoms with Crippen molar-refractivity contribution in [1.29, 1.82) is 0 Å². The van der Waals surface area contributed by atoms with Crippen molar-refractivity contribution < 1.29 is 85.3 Å². The number of benzene rings is 2. The van der Waals surface area contributed by atoms with Gasteiger partial charge in [-0.15, -0.1) is 0 Å². The van der Waals surface area contributed by atoms with Crippen molar-refractivity contribution >= 4 is 57.3 Å². The molecule has 0 radical (unpaired) electrons. The number of piperazine rings is 2. The van der Waals surface area contributed by atoms with E-state index in [-0.39, 0.29) is 89.7 Å². The molecule has 308 valence electrons. The normalized spacial score (nSPS) is 15.7. The van der Waals surface area contributed by atoms with Gasteiger partial charge >= 0.3 is 51.4 Å². The van der Waals surface area contributed by atoms with Crippen LogP contribution in [0.5, 0.6) is 0 Å². The predicted molar refractivity (Wildman–Crippen MR) is 223 cm³/mol. The van der Waals surface area contributed by atoms with Gasteiger partial charge in [0.15, 0.2) is 0 Å². The average Bonchev–Trinajstić information content (AvgIpc) is 3.88. The van der Waals surface area contributed by atoms with Gasteiger partial charge in [0.05, 0.1) is 11.1 Å². The van der Waals surface area contributed by atoms with Gasteiger partial charge in [-0.25, -0.2) is 9.97 Å². The Labute approximate surface area is 391 Å². The van der Waals surface area contributed by atoms with Crippen LogP contribution < -0.4 is 61.8 Å². The zero-order valence-corrected chi connectivity index (χ0v) is 35.5. The maximum Gasteiger partial charge on any atom is 1.00 e. The Bertz CT molecular complexity index is 2400. The molecule has 16 heteroatoms. The summed E-state index contributed by atoms with van der Waals surface area (Å²) in [6, 6.07) is 25.4. The number of amides is 3. The summed E-state index contributed by atoms with van der Waals surface area (Å²) in [6.45, 7) is 7.56. The Balaban J connectivity index is 0.000000256. The summed E-state index contributed by atoms with van der Waals surface area (Å²) in [7, 11) is 0. The second kappa shape index (κ2) is 22.9. The molecule has 2 atom stereocenters. The smallest absolute Gasteiger partial charge is 0.541 e. The maximum atomic E-state index is 12.8. The molecule has 6 heterocycles. The van der Waals surface area contributed by atoms with Crippen molar-refractivity contribution in [2.75, 3.05) is 39.3 Å². The largest absolute Gasteiger partial charge is 1.00 e. The fourth-order valence-corrected chi connectivity index (χ4v) is 6.73. The molecule has 6 aromatic rings. The minimum Gasteiger partial charge on any atom is -0.541 e. The van der Waals surface area contributed by atoms with Gasteiger partial charge in [-0.1, -0.05) is 51.3 Å². The number of H-pyrrole nitrogens is 2. The first kappa shape index (κ1) is 49.0. The summed E-state index contributed by atoms with van der Waals surface area (Å²) in [5.41, 5.74) is 2.86. The molecule has 3 amide bonds. The number of carboxylic acids is 1. The van der Waals surface area contributed by atoms with Gasteiger partial charge in [0.2, 0.25) is 5.78 Å². The molecule has 2 aliphatic heterocycles. The fraction of sp³-hybridized carbons (Fsp3) is 0.273. The second-order valence-corrected chi connectivity index (χ2v) is 13.6. The number of carbonyl (C=O) groups excluding carboxylic acids is 6. The number of ketones is 2. The number of hydrogen-bond donors (Lipinski definition) is 3. The zero-order valence-electron chi connectivity index (χ0n) is 32.4. The minimum absolute atomic E-state index is 0. The molecule has 60 heavy (non-hydrogen) atoms. The molecule has 8 rings (SSSR count). The first-order chi connectivity index (χ1) is 27.5. The quantitative estimate of drug-likeness (QED) is 0.123. The van der Waals surface area contributed by atoms with E-state index in [1.807, 2.05) is 60.4 Å². The number of carboxylic acid groups (broad SMARTS) is 1. The monoisotopic (exact) mass is 840 g/mol. The van der Waals surface area contributed by atoms with Gasteiger partial charge < -0.3 is 39.9 Å². The standard InChI is InChI=1S/C21H20N4O3.C12H16N2O.C9H6N2O3.2CH4.K/c1-14-13-24(20(27)15-6-3-2-4-7-15)10-11-25(14)21(28)18(26)17-12-23-19-16(17)8-5-9-22-19;1-10-9-14(8-7-13-10)12(15)11-5-3-2-4-6-11;12-7(9(13)14)6-4-11-8-5(6)2-1-3-10-8;;;/h2-9,12,14H,10-11,13H2,1H3,(H,22,23);2-6,10,13H,7-9H2,1H3;1-4H,(H,10,11)(H,13,14);2*1H4;/q;;;;;+1/p-1/t14-;10-;;;;/m11..../s1. The number of pyridine rings is 2. The molecule has 15 nitrogen and oxygen atoms in total. The van der Waals surface area contributed by atoms with Crippen molar-refractivity contribution in [3.63, 3.8) is 0 Å². The fourth-order valence-electron chi connectivity index (χ4n) is 6.73. The van der Waals surface area contributed by atoms with Gasteiger partial charge in [-0.3, -0.25) is 24.0 Å². The molecule has 2 fully saturated rings. The number of aromatic amines is 2. The van der Waals surface area contributed by atoms with Crippen LogP contribution in [-0.2, 0) is 9.59 Å². The molecule has 2 aliphatic rings. The third-order valence-electron chi connectivity index (χ3n) is 9.64. The SMILES string of the molecule is C.C.C[C@@H]1CN(C(=O)c2ccccc2)CCN1.C[C@@H]1CN(C(=O)c2ccccc2)CCN1C(=O)C(=O)c1c[nH]c2ncccc12.O=C([O-])C(=O)c1c[nH]c2ncccc12.[K+]. The van der Waals surface area contributed by atoms with Crippen LogP contribution in [-0.4, -0.2) is 121 Å². The van der Waals surface area contributed by atoms with Crippen LogP contribution in [0.25, 0.3) is 22.1 Å². The number of aromatic nitrogens is 4. The Morgan fingerprint density at radius 3 is 1.58 bits per heavy atom. The first-order valence-electron chi connectivity index (χ1n) is 18.4. The number of hydrogen-bond acceptors (Lipinski definition) is 10. The first-order valence-corrected chi connectivity index (χ1v) is 18.4. The molecule has 0 bridgehead atoms. The van der Waals surface area contributed by atoms with Crippen molar-refractivity contribution in [2.24, 2.45) is 0 Å². The van der Waals surface area contributed by atoms with Crippen LogP contribution in [0.1, 0.15) is 70.1 Å². The number of rotatable bonds is 6. The van der Waals surface area contributed by atoms with Crippen LogP contribution in [0.4, 0.5) is 0 Å². The molecular weight excluding hydrogens is 792 g/mol. The molecule has 2 saturated heterocycles. The molecule has 0 unspecified atom stereocenters. The summed E-state index contributed by atoms with van der Waals surface area (Å²) in [6.07, 6.45) is 6.01. The number of nitrogens with zero attached hydrogens (tertiary/aromatic N) is 5. The van der Waals surface area contributed by atoms with E-state index >= 15 is 0 Å². The van der Waals surface area contributed by atoms with E-state index in [9.17, 15) is 33.9 Å². The molecule has 3 N–H and O–H groups in total. The number of carbonyl (C=O) groups is 6. The molecule has 0 aliphatic carbocycles. The number of Topliss-reactive ketones (excluding diaryl/α,β-unsaturated/α-hetero) is 2. The van der Waals surface area contributed by atoms with Gasteiger partial charge in [0.1, 0.15) is 17.3 Å². The Kier molecular flexibility index (Phi) is 18.7. The number of aliphatic carboxylic acids is 1. The van der Waals surface area contributed by atoms with Crippen molar-refractivity contribution in [3.8, 4) is 0 Å². The summed E-state index contributed by atoms with van der Waals surface area (Å²) in [5.74, 6) is -3.78. The molecule has 0 spiro atoms. The van der Waals surface area contributed by atoms with Crippen LogP contribution in [0.3, 0.4) is 0 Å². The molecular formula is C44H49KN8O7. The summed E-state index contributed by atoms with van der Waals surface area (Å²) >= 11 is 0. The Hall–Kier alpha value is -5.36. The van der Waals surface area contributed by atoms with E-state index in [0.717, 1.165) is 25.2 Å². The van der Waals surface area contributed by atoms with E-state index in [4.69, 9.17) is 0 Å². The van der Waals surface area contributed by atoms with Crippen LogP contribution in [0.15, 0.2) is 110 Å². The van der Waals surface area contributed by atoms with Gasteiger partial charge in [-0.05, 0) is 62.4 Å². The Morgan fingerprint density at radius 1 is 0.633 bits per heavy atom.